The van der Waals surface area contributed by atoms with Gasteiger partial charge in [0.05, 0.1) is 0 Å². The summed E-state index contributed by atoms with van der Waals surface area (Å²) < 4.78 is 0. The standard InChI is InChI=1S/C14H22N2O3/c1-2-3-12(13(17)18)16-14(19)15-8-11(9-4-5-9)10-6-7-10/h2,9-12H,1,3-8H2,(H,17,18)(H2,15,16,19). The van der Waals surface area contributed by atoms with E-state index in [0.29, 0.717) is 12.5 Å². The van der Waals surface area contributed by atoms with Crippen molar-refractivity contribution in [3.63, 3.8) is 0 Å². The molecule has 5 heteroatoms. The van der Waals surface area contributed by atoms with Gasteiger partial charge in [-0.15, -0.1) is 6.58 Å². The molecule has 0 aromatic heterocycles. The van der Waals surface area contributed by atoms with Crippen LogP contribution in [0.4, 0.5) is 4.79 Å². The minimum atomic E-state index is -1.03. The molecule has 2 amide bonds. The Morgan fingerprint density at radius 1 is 1.26 bits per heavy atom. The molecule has 19 heavy (non-hydrogen) atoms. The SMILES string of the molecule is C=CCC(NC(=O)NCC(C1CC1)C1CC1)C(=O)O. The first-order chi connectivity index (χ1) is 9.11. The normalized spacial score (nSPS) is 19.8. The third kappa shape index (κ3) is 4.26. The Morgan fingerprint density at radius 3 is 2.26 bits per heavy atom. The number of hydrogen-bond acceptors (Lipinski definition) is 2. The topological polar surface area (TPSA) is 78.4 Å². The van der Waals surface area contributed by atoms with Crippen LogP contribution in [0.1, 0.15) is 32.1 Å². The molecule has 0 aromatic carbocycles. The molecule has 2 fully saturated rings. The molecule has 0 bridgehead atoms. The highest BCUT2D eigenvalue weighted by Crippen LogP contribution is 2.48. The van der Waals surface area contributed by atoms with E-state index >= 15 is 0 Å². The first kappa shape index (κ1) is 13.9. The maximum absolute atomic E-state index is 11.7. The van der Waals surface area contributed by atoms with Crippen molar-refractivity contribution in [2.24, 2.45) is 17.8 Å². The van der Waals surface area contributed by atoms with Gasteiger partial charge < -0.3 is 15.7 Å². The van der Waals surface area contributed by atoms with E-state index < -0.39 is 12.0 Å². The zero-order valence-electron chi connectivity index (χ0n) is 11.1. The maximum atomic E-state index is 11.7. The largest absolute Gasteiger partial charge is 0.480 e. The molecule has 2 aliphatic carbocycles. The van der Waals surface area contributed by atoms with E-state index in [4.69, 9.17) is 5.11 Å². The second kappa shape index (κ2) is 6.08. The van der Waals surface area contributed by atoms with Crippen LogP contribution in [0.25, 0.3) is 0 Å². The predicted octanol–water partition coefficient (Wildman–Crippen LogP) is 1.75. The smallest absolute Gasteiger partial charge is 0.326 e. The molecular formula is C14H22N2O3. The van der Waals surface area contributed by atoms with E-state index in [0.717, 1.165) is 11.8 Å². The number of hydrogen-bond donors (Lipinski definition) is 3. The minimum absolute atomic E-state index is 0.234. The van der Waals surface area contributed by atoms with Crippen LogP contribution in [0.2, 0.25) is 0 Å². The summed E-state index contributed by atoms with van der Waals surface area (Å²) in [5.41, 5.74) is 0. The number of carbonyl (C=O) groups excluding carboxylic acids is 1. The van der Waals surface area contributed by atoms with Crippen LogP contribution in [0, 0.1) is 17.8 Å². The highest BCUT2D eigenvalue weighted by atomic mass is 16.4. The van der Waals surface area contributed by atoms with Gasteiger partial charge in [-0.1, -0.05) is 6.08 Å². The van der Waals surface area contributed by atoms with Gasteiger partial charge in [0, 0.05) is 6.54 Å². The van der Waals surface area contributed by atoms with Gasteiger partial charge in [-0.2, -0.15) is 0 Å². The first-order valence-corrected chi connectivity index (χ1v) is 7.00. The fourth-order valence-electron chi connectivity index (χ4n) is 2.57. The third-order valence-electron chi connectivity index (χ3n) is 3.96. The molecular weight excluding hydrogens is 244 g/mol. The molecule has 0 spiro atoms. The highest BCUT2D eigenvalue weighted by Gasteiger charge is 2.41. The number of amides is 2. The van der Waals surface area contributed by atoms with Gasteiger partial charge in [0.2, 0.25) is 0 Å². The van der Waals surface area contributed by atoms with Crippen molar-refractivity contribution < 1.29 is 14.7 Å². The van der Waals surface area contributed by atoms with Crippen molar-refractivity contribution in [2.75, 3.05) is 6.54 Å². The summed E-state index contributed by atoms with van der Waals surface area (Å²) in [6.07, 6.45) is 6.84. The number of carbonyl (C=O) groups is 2. The number of rotatable bonds is 8. The number of aliphatic carboxylic acids is 1. The summed E-state index contributed by atoms with van der Waals surface area (Å²) in [5.74, 6) is 1.11. The van der Waals surface area contributed by atoms with Crippen molar-refractivity contribution in [2.45, 2.75) is 38.1 Å². The Morgan fingerprint density at radius 2 is 1.84 bits per heavy atom. The van der Waals surface area contributed by atoms with E-state index in [2.05, 4.69) is 17.2 Å². The van der Waals surface area contributed by atoms with Crippen molar-refractivity contribution in [1.82, 2.24) is 10.6 Å². The summed E-state index contributed by atoms with van der Waals surface area (Å²) in [6.45, 7) is 4.16. The number of carboxylic acids is 1. The summed E-state index contributed by atoms with van der Waals surface area (Å²) in [6, 6.07) is -1.28. The summed E-state index contributed by atoms with van der Waals surface area (Å²) in [7, 11) is 0. The molecule has 106 valence electrons. The molecule has 5 nitrogen and oxygen atoms in total. The lowest BCUT2D eigenvalue weighted by Crippen LogP contribution is -2.47. The third-order valence-corrected chi connectivity index (χ3v) is 3.96. The maximum Gasteiger partial charge on any atom is 0.326 e. The quantitative estimate of drug-likeness (QED) is 0.586. The minimum Gasteiger partial charge on any atom is -0.480 e. The zero-order chi connectivity index (χ0) is 13.8. The molecule has 0 aliphatic heterocycles. The second-order valence-corrected chi connectivity index (χ2v) is 5.61. The van der Waals surface area contributed by atoms with Crippen LogP contribution in [0.15, 0.2) is 12.7 Å². The monoisotopic (exact) mass is 266 g/mol. The van der Waals surface area contributed by atoms with Crippen LogP contribution in [-0.4, -0.2) is 29.7 Å². The lowest BCUT2D eigenvalue weighted by molar-refractivity contribution is -0.139. The number of carboxylic acid groups (broad SMARTS) is 1. The summed E-state index contributed by atoms with van der Waals surface area (Å²) in [4.78, 5) is 22.6. The zero-order valence-corrected chi connectivity index (χ0v) is 11.1. The van der Waals surface area contributed by atoms with Crippen molar-refractivity contribution in [1.29, 1.82) is 0 Å². The Hall–Kier alpha value is -1.52. The van der Waals surface area contributed by atoms with Crippen LogP contribution in [0.3, 0.4) is 0 Å². The molecule has 0 radical (unpaired) electrons. The van der Waals surface area contributed by atoms with Crippen LogP contribution in [0.5, 0.6) is 0 Å². The number of nitrogens with one attached hydrogen (secondary N) is 2. The average molecular weight is 266 g/mol. The molecule has 0 heterocycles. The van der Waals surface area contributed by atoms with Gasteiger partial charge in [0.15, 0.2) is 0 Å². The molecule has 2 rings (SSSR count). The van der Waals surface area contributed by atoms with Crippen molar-refractivity contribution >= 4 is 12.0 Å². The van der Waals surface area contributed by atoms with E-state index in [-0.39, 0.29) is 12.5 Å². The average Bonchev–Trinajstić information content (AvgIpc) is 3.22. The lowest BCUT2D eigenvalue weighted by atomic mass is 9.98. The van der Waals surface area contributed by atoms with Gasteiger partial charge in [0.25, 0.3) is 0 Å². The van der Waals surface area contributed by atoms with Gasteiger partial charge in [0.1, 0.15) is 6.04 Å². The van der Waals surface area contributed by atoms with Crippen molar-refractivity contribution in [3.8, 4) is 0 Å². The lowest BCUT2D eigenvalue weighted by Gasteiger charge is -2.18. The molecule has 2 aliphatic rings. The molecule has 2 saturated carbocycles. The van der Waals surface area contributed by atoms with Crippen LogP contribution >= 0.6 is 0 Å². The number of urea groups is 1. The Balaban J connectivity index is 1.73. The Labute approximate surface area is 113 Å². The van der Waals surface area contributed by atoms with Gasteiger partial charge in [-0.25, -0.2) is 9.59 Å². The molecule has 1 unspecified atom stereocenters. The Bertz CT molecular complexity index is 350. The van der Waals surface area contributed by atoms with E-state index in [1.807, 2.05) is 0 Å². The predicted molar refractivity (Wildman–Crippen MR) is 71.7 cm³/mol. The van der Waals surface area contributed by atoms with E-state index in [1.54, 1.807) is 0 Å². The molecule has 0 aromatic rings. The molecule has 1 atom stereocenters. The van der Waals surface area contributed by atoms with Gasteiger partial charge in [-0.05, 0) is 49.9 Å². The highest BCUT2D eigenvalue weighted by molar-refractivity contribution is 5.82. The second-order valence-electron chi connectivity index (χ2n) is 5.61. The fourth-order valence-corrected chi connectivity index (χ4v) is 2.57. The fraction of sp³-hybridized carbons (Fsp3) is 0.714. The Kier molecular flexibility index (Phi) is 4.45. The summed E-state index contributed by atoms with van der Waals surface area (Å²) >= 11 is 0. The van der Waals surface area contributed by atoms with E-state index in [9.17, 15) is 9.59 Å². The summed E-state index contributed by atoms with van der Waals surface area (Å²) in [5, 5.41) is 14.2. The van der Waals surface area contributed by atoms with Crippen LogP contribution in [-0.2, 0) is 4.79 Å². The van der Waals surface area contributed by atoms with Crippen LogP contribution < -0.4 is 10.6 Å². The van der Waals surface area contributed by atoms with E-state index in [1.165, 1.54) is 31.8 Å². The molecule has 3 N–H and O–H groups in total. The van der Waals surface area contributed by atoms with Gasteiger partial charge in [-0.3, -0.25) is 0 Å². The molecule has 0 saturated heterocycles. The first-order valence-electron chi connectivity index (χ1n) is 7.00. The van der Waals surface area contributed by atoms with Crippen molar-refractivity contribution in [3.05, 3.63) is 12.7 Å². The van der Waals surface area contributed by atoms with Gasteiger partial charge >= 0.3 is 12.0 Å².